The van der Waals surface area contributed by atoms with Crippen molar-refractivity contribution in [2.75, 3.05) is 12.0 Å². The zero-order valence-corrected chi connectivity index (χ0v) is 6.90. The van der Waals surface area contributed by atoms with Crippen LogP contribution in [-0.2, 0) is 4.79 Å². The minimum atomic E-state index is -0.536. The summed E-state index contributed by atoms with van der Waals surface area (Å²) in [5.41, 5.74) is 0.351. The van der Waals surface area contributed by atoms with Crippen LogP contribution in [-0.4, -0.2) is 29.7 Å². The average molecular weight is 172 g/mol. The Morgan fingerprint density at radius 1 is 1.55 bits per heavy atom. The van der Waals surface area contributed by atoms with Crippen LogP contribution in [0.15, 0.2) is 4.99 Å². The Morgan fingerprint density at radius 2 is 2.27 bits per heavy atom. The van der Waals surface area contributed by atoms with Gasteiger partial charge in [-0.2, -0.15) is 16.8 Å². The smallest absolute Gasteiger partial charge is 0.271 e. The first-order valence-corrected chi connectivity index (χ1v) is 4.55. The maximum atomic E-state index is 10.8. The van der Waals surface area contributed by atoms with Crippen LogP contribution >= 0.6 is 11.8 Å². The third kappa shape index (κ3) is 2.04. The number of imide groups is 1. The van der Waals surface area contributed by atoms with Gasteiger partial charge in [0.1, 0.15) is 5.71 Å². The number of thioether (sulfide) groups is 1. The van der Waals surface area contributed by atoms with Crippen LogP contribution in [0.3, 0.4) is 0 Å². The predicted molar refractivity (Wildman–Crippen MR) is 44.0 cm³/mol. The molecule has 1 rings (SSSR count). The number of nitrogens with one attached hydrogen (secondary N) is 1. The van der Waals surface area contributed by atoms with E-state index >= 15 is 0 Å². The predicted octanol–water partition coefficient (Wildman–Crippen LogP) is 0.430. The third-order valence-corrected chi connectivity index (χ3v) is 1.87. The van der Waals surface area contributed by atoms with E-state index < -0.39 is 6.03 Å². The standard InChI is InChI=1S/C6H8N2O2S/c1-11-3-2-4-5(9)8-6(10)7-4/h2-3H2,1H3,(H,8,9,10). The van der Waals surface area contributed by atoms with Crippen molar-refractivity contribution in [2.45, 2.75) is 6.42 Å². The number of hydrogen-bond donors (Lipinski definition) is 1. The number of nitrogens with zero attached hydrogens (tertiary/aromatic N) is 1. The summed E-state index contributed by atoms with van der Waals surface area (Å²) >= 11 is 1.62. The number of carbonyl (C=O) groups is 2. The summed E-state index contributed by atoms with van der Waals surface area (Å²) in [6, 6.07) is -0.536. The van der Waals surface area contributed by atoms with Gasteiger partial charge in [0.25, 0.3) is 5.91 Å². The first-order chi connectivity index (χ1) is 5.24. The van der Waals surface area contributed by atoms with Gasteiger partial charge in [0.15, 0.2) is 0 Å². The molecule has 0 aliphatic carbocycles. The molecule has 1 N–H and O–H groups in total. The van der Waals surface area contributed by atoms with Gasteiger partial charge in [-0.1, -0.05) is 0 Å². The van der Waals surface area contributed by atoms with Crippen molar-refractivity contribution in [1.82, 2.24) is 5.32 Å². The van der Waals surface area contributed by atoms with Crippen molar-refractivity contribution in [1.29, 1.82) is 0 Å². The molecule has 0 fully saturated rings. The van der Waals surface area contributed by atoms with E-state index in [-0.39, 0.29) is 5.91 Å². The number of aliphatic imine (C=N–C) groups is 1. The Kier molecular flexibility index (Phi) is 2.64. The molecule has 4 nitrogen and oxygen atoms in total. The van der Waals surface area contributed by atoms with Gasteiger partial charge < -0.3 is 0 Å². The largest absolute Gasteiger partial charge is 0.348 e. The molecule has 0 aromatic carbocycles. The van der Waals surface area contributed by atoms with E-state index in [0.717, 1.165) is 5.75 Å². The van der Waals surface area contributed by atoms with Crippen LogP contribution in [0.25, 0.3) is 0 Å². The summed E-state index contributed by atoms with van der Waals surface area (Å²) in [5, 5.41) is 2.08. The van der Waals surface area contributed by atoms with Crippen LogP contribution < -0.4 is 5.32 Å². The average Bonchev–Trinajstić information content (AvgIpc) is 2.26. The zero-order valence-electron chi connectivity index (χ0n) is 6.09. The van der Waals surface area contributed by atoms with Gasteiger partial charge in [0, 0.05) is 6.42 Å². The van der Waals surface area contributed by atoms with E-state index in [4.69, 9.17) is 0 Å². The highest BCUT2D eigenvalue weighted by molar-refractivity contribution is 7.98. The quantitative estimate of drug-likeness (QED) is 0.671. The molecule has 1 aliphatic heterocycles. The Morgan fingerprint density at radius 3 is 2.73 bits per heavy atom. The molecule has 0 saturated carbocycles. The van der Waals surface area contributed by atoms with Crippen LogP contribution in [0, 0.1) is 0 Å². The van der Waals surface area contributed by atoms with E-state index in [1.807, 2.05) is 6.26 Å². The van der Waals surface area contributed by atoms with Crippen LogP contribution in [0.5, 0.6) is 0 Å². The van der Waals surface area contributed by atoms with Gasteiger partial charge in [-0.25, -0.2) is 4.79 Å². The minimum Gasteiger partial charge on any atom is -0.271 e. The highest BCUT2D eigenvalue weighted by Gasteiger charge is 2.21. The molecule has 0 saturated heterocycles. The van der Waals surface area contributed by atoms with Crippen LogP contribution in [0.4, 0.5) is 4.79 Å². The fraction of sp³-hybridized carbons (Fsp3) is 0.500. The highest BCUT2D eigenvalue weighted by Crippen LogP contribution is 2.01. The van der Waals surface area contributed by atoms with Crippen molar-refractivity contribution < 1.29 is 9.59 Å². The number of urea groups is 1. The molecular weight excluding hydrogens is 164 g/mol. The number of hydrogen-bond acceptors (Lipinski definition) is 3. The maximum Gasteiger partial charge on any atom is 0.348 e. The summed E-state index contributed by atoms with van der Waals surface area (Å²) in [4.78, 5) is 24.8. The fourth-order valence-electron chi connectivity index (χ4n) is 0.739. The first-order valence-electron chi connectivity index (χ1n) is 3.16. The molecule has 60 valence electrons. The summed E-state index contributed by atoms with van der Waals surface area (Å²) in [5.74, 6) is 0.476. The fourth-order valence-corrected chi connectivity index (χ4v) is 1.14. The SMILES string of the molecule is CSCCC1=NC(=O)NC1=O. The normalized spacial score (nSPS) is 16.6. The zero-order chi connectivity index (χ0) is 8.27. The summed E-state index contributed by atoms with van der Waals surface area (Å²) in [6.07, 6.45) is 2.51. The first kappa shape index (κ1) is 8.26. The molecule has 5 heteroatoms. The molecule has 0 spiro atoms. The van der Waals surface area contributed by atoms with E-state index in [9.17, 15) is 9.59 Å². The molecule has 0 aromatic rings. The minimum absolute atomic E-state index is 0.343. The van der Waals surface area contributed by atoms with E-state index in [2.05, 4.69) is 10.3 Å². The van der Waals surface area contributed by atoms with Gasteiger partial charge in [-0.3, -0.25) is 10.1 Å². The molecular formula is C6H8N2O2S. The van der Waals surface area contributed by atoms with E-state index in [1.54, 1.807) is 11.8 Å². The van der Waals surface area contributed by atoms with Crippen LogP contribution in [0.1, 0.15) is 6.42 Å². The third-order valence-electron chi connectivity index (χ3n) is 1.26. The van der Waals surface area contributed by atoms with Gasteiger partial charge in [-0.15, -0.1) is 0 Å². The summed E-state index contributed by atoms with van der Waals surface area (Å²) in [7, 11) is 0. The second-order valence-electron chi connectivity index (χ2n) is 2.06. The lowest BCUT2D eigenvalue weighted by molar-refractivity contribution is -0.113. The Bertz CT molecular complexity index is 225. The van der Waals surface area contributed by atoms with E-state index in [0.29, 0.717) is 12.1 Å². The number of rotatable bonds is 3. The highest BCUT2D eigenvalue weighted by atomic mass is 32.2. The van der Waals surface area contributed by atoms with Crippen molar-refractivity contribution >= 4 is 29.4 Å². The van der Waals surface area contributed by atoms with Crippen molar-refractivity contribution in [3.8, 4) is 0 Å². The number of amides is 3. The topological polar surface area (TPSA) is 58.5 Å². The van der Waals surface area contributed by atoms with Crippen LogP contribution in [0.2, 0.25) is 0 Å². The molecule has 0 atom stereocenters. The molecule has 1 heterocycles. The Balaban J connectivity index is 2.50. The molecule has 0 aromatic heterocycles. The molecule has 0 radical (unpaired) electrons. The lowest BCUT2D eigenvalue weighted by atomic mass is 10.3. The Labute approximate surface area is 68.4 Å². The summed E-state index contributed by atoms with van der Waals surface area (Å²) in [6.45, 7) is 0. The monoisotopic (exact) mass is 172 g/mol. The van der Waals surface area contributed by atoms with Gasteiger partial charge in [0.05, 0.1) is 0 Å². The van der Waals surface area contributed by atoms with Gasteiger partial charge in [0.2, 0.25) is 0 Å². The molecule has 3 amide bonds. The summed E-state index contributed by atoms with van der Waals surface area (Å²) < 4.78 is 0. The molecule has 1 aliphatic rings. The molecule has 11 heavy (non-hydrogen) atoms. The second kappa shape index (κ2) is 3.52. The Hall–Kier alpha value is -0.840. The van der Waals surface area contributed by atoms with Crippen molar-refractivity contribution in [3.05, 3.63) is 0 Å². The van der Waals surface area contributed by atoms with Crippen molar-refractivity contribution in [3.63, 3.8) is 0 Å². The van der Waals surface area contributed by atoms with Gasteiger partial charge >= 0.3 is 6.03 Å². The maximum absolute atomic E-state index is 10.8. The van der Waals surface area contributed by atoms with E-state index in [1.165, 1.54) is 0 Å². The lowest BCUT2D eigenvalue weighted by Crippen LogP contribution is -2.25. The molecule has 0 unspecified atom stereocenters. The number of carbonyl (C=O) groups excluding carboxylic acids is 2. The van der Waals surface area contributed by atoms with Gasteiger partial charge in [-0.05, 0) is 12.0 Å². The lowest BCUT2D eigenvalue weighted by Gasteiger charge is -1.92. The molecule has 0 bridgehead atoms. The second-order valence-corrected chi connectivity index (χ2v) is 3.05. The van der Waals surface area contributed by atoms with Crippen molar-refractivity contribution in [2.24, 2.45) is 4.99 Å².